The summed E-state index contributed by atoms with van der Waals surface area (Å²) in [4.78, 5) is 14.1. The second-order valence-electron chi connectivity index (χ2n) is 4.85. The highest BCUT2D eigenvalue weighted by atomic mass is 16.5. The number of nitrogens with zero attached hydrogens (tertiary/aromatic N) is 1. The Hall–Kier alpha value is -0.690. The molecular weight excluding hydrogens is 246 g/mol. The van der Waals surface area contributed by atoms with E-state index in [9.17, 15) is 4.79 Å². The molecule has 1 fully saturated rings. The highest BCUT2D eigenvalue weighted by Crippen LogP contribution is 2.15. The highest BCUT2D eigenvalue weighted by molar-refractivity contribution is 5.81. The van der Waals surface area contributed by atoms with Gasteiger partial charge in [-0.15, -0.1) is 0 Å². The fourth-order valence-corrected chi connectivity index (χ4v) is 2.25. The van der Waals surface area contributed by atoms with Gasteiger partial charge in [-0.05, 0) is 19.8 Å². The Labute approximate surface area is 115 Å². The summed E-state index contributed by atoms with van der Waals surface area (Å²) in [6.45, 7) is 6.05. The fraction of sp³-hybridized carbons (Fsp3) is 0.923. The summed E-state index contributed by atoms with van der Waals surface area (Å²) in [7, 11) is 1.63. The second kappa shape index (κ2) is 9.25. The van der Waals surface area contributed by atoms with Gasteiger partial charge in [0.05, 0.1) is 25.4 Å². The molecule has 0 bridgehead atoms. The maximum Gasteiger partial charge on any atom is 0.237 e. The highest BCUT2D eigenvalue weighted by Gasteiger charge is 2.26. The van der Waals surface area contributed by atoms with Crippen molar-refractivity contribution in [1.82, 2.24) is 10.2 Å². The third kappa shape index (κ3) is 5.86. The normalized spacial score (nSPS) is 19.3. The summed E-state index contributed by atoms with van der Waals surface area (Å²) in [6, 6.07) is -0.0904. The van der Waals surface area contributed by atoms with Gasteiger partial charge >= 0.3 is 0 Å². The number of ether oxygens (including phenoxy) is 2. The molecule has 3 N–H and O–H groups in total. The van der Waals surface area contributed by atoms with Crippen molar-refractivity contribution in [2.45, 2.75) is 31.9 Å². The van der Waals surface area contributed by atoms with E-state index in [4.69, 9.17) is 15.2 Å². The molecule has 0 aromatic rings. The van der Waals surface area contributed by atoms with Crippen molar-refractivity contribution in [2.75, 3.05) is 46.5 Å². The molecule has 6 heteroatoms. The fourth-order valence-electron chi connectivity index (χ4n) is 2.25. The zero-order valence-electron chi connectivity index (χ0n) is 12.1. The Morgan fingerprint density at radius 3 is 2.68 bits per heavy atom. The number of carbonyl (C=O) groups excluding carboxylic acids is 1. The molecule has 0 aromatic carbocycles. The molecule has 1 heterocycles. The summed E-state index contributed by atoms with van der Waals surface area (Å²) in [5.41, 5.74) is 5.42. The Kier molecular flexibility index (Phi) is 7.97. The van der Waals surface area contributed by atoms with Gasteiger partial charge in [0.2, 0.25) is 5.91 Å². The third-order valence-electron chi connectivity index (χ3n) is 3.48. The zero-order valence-corrected chi connectivity index (χ0v) is 12.1. The number of rotatable bonds is 8. The molecule has 1 unspecified atom stereocenters. The SMILES string of the molecule is COCCNC(=O)C(C)N1CCC(OCCN)CC1. The predicted molar refractivity (Wildman–Crippen MR) is 73.9 cm³/mol. The lowest BCUT2D eigenvalue weighted by atomic mass is 10.1. The Morgan fingerprint density at radius 1 is 1.42 bits per heavy atom. The van der Waals surface area contributed by atoms with Crippen LogP contribution in [0.3, 0.4) is 0 Å². The smallest absolute Gasteiger partial charge is 0.237 e. The standard InChI is InChI=1S/C13H27N3O3/c1-11(13(17)15-6-10-18-2)16-7-3-12(4-8-16)19-9-5-14/h11-12H,3-10,14H2,1-2H3,(H,15,17). The quantitative estimate of drug-likeness (QED) is 0.587. The summed E-state index contributed by atoms with van der Waals surface area (Å²) < 4.78 is 10.5. The minimum atomic E-state index is -0.0904. The molecular formula is C13H27N3O3. The van der Waals surface area contributed by atoms with Crippen LogP contribution in [0.4, 0.5) is 0 Å². The molecule has 19 heavy (non-hydrogen) atoms. The van der Waals surface area contributed by atoms with Crippen molar-refractivity contribution in [3.63, 3.8) is 0 Å². The molecule has 1 rings (SSSR count). The van der Waals surface area contributed by atoms with Crippen LogP contribution in [0.2, 0.25) is 0 Å². The number of nitrogens with one attached hydrogen (secondary N) is 1. The van der Waals surface area contributed by atoms with Crippen LogP contribution in [0.25, 0.3) is 0 Å². The third-order valence-corrected chi connectivity index (χ3v) is 3.48. The van der Waals surface area contributed by atoms with Crippen molar-refractivity contribution in [3.05, 3.63) is 0 Å². The lowest BCUT2D eigenvalue weighted by molar-refractivity contribution is -0.127. The lowest BCUT2D eigenvalue weighted by Crippen LogP contribution is -2.49. The number of amides is 1. The summed E-state index contributed by atoms with van der Waals surface area (Å²) in [5, 5.41) is 2.87. The molecule has 1 atom stereocenters. The lowest BCUT2D eigenvalue weighted by Gasteiger charge is -2.35. The van der Waals surface area contributed by atoms with E-state index in [0.717, 1.165) is 25.9 Å². The minimum Gasteiger partial charge on any atom is -0.383 e. The van der Waals surface area contributed by atoms with E-state index >= 15 is 0 Å². The number of nitrogens with two attached hydrogens (primary N) is 1. The van der Waals surface area contributed by atoms with Gasteiger partial charge in [-0.3, -0.25) is 9.69 Å². The number of likely N-dealkylation sites (tertiary alicyclic amines) is 1. The van der Waals surface area contributed by atoms with E-state index < -0.39 is 0 Å². The van der Waals surface area contributed by atoms with Gasteiger partial charge in [0, 0.05) is 33.3 Å². The van der Waals surface area contributed by atoms with Gasteiger partial charge in [0.25, 0.3) is 0 Å². The topological polar surface area (TPSA) is 76.8 Å². The van der Waals surface area contributed by atoms with Gasteiger partial charge in [-0.25, -0.2) is 0 Å². The average molecular weight is 273 g/mol. The first-order valence-corrected chi connectivity index (χ1v) is 7.01. The van der Waals surface area contributed by atoms with Crippen LogP contribution in [0.1, 0.15) is 19.8 Å². The monoisotopic (exact) mass is 273 g/mol. The molecule has 0 aliphatic carbocycles. The summed E-state index contributed by atoms with van der Waals surface area (Å²) >= 11 is 0. The number of hydrogen-bond donors (Lipinski definition) is 2. The maximum absolute atomic E-state index is 11.9. The molecule has 1 aliphatic rings. The molecule has 112 valence electrons. The van der Waals surface area contributed by atoms with Crippen molar-refractivity contribution >= 4 is 5.91 Å². The molecule has 1 saturated heterocycles. The van der Waals surface area contributed by atoms with Crippen LogP contribution in [0.5, 0.6) is 0 Å². The molecule has 0 saturated carbocycles. The van der Waals surface area contributed by atoms with Gasteiger partial charge in [-0.2, -0.15) is 0 Å². The second-order valence-corrected chi connectivity index (χ2v) is 4.85. The van der Waals surface area contributed by atoms with Crippen LogP contribution in [-0.4, -0.2) is 69.5 Å². The van der Waals surface area contributed by atoms with E-state index in [2.05, 4.69) is 10.2 Å². The molecule has 0 aromatic heterocycles. The van der Waals surface area contributed by atoms with Crippen LogP contribution < -0.4 is 11.1 Å². The van der Waals surface area contributed by atoms with Crippen LogP contribution in [0.15, 0.2) is 0 Å². The molecule has 0 spiro atoms. The molecule has 1 amide bonds. The van der Waals surface area contributed by atoms with Crippen molar-refractivity contribution in [3.8, 4) is 0 Å². The Balaban J connectivity index is 2.23. The van der Waals surface area contributed by atoms with Crippen LogP contribution in [-0.2, 0) is 14.3 Å². The van der Waals surface area contributed by atoms with Gasteiger partial charge in [0.15, 0.2) is 0 Å². The van der Waals surface area contributed by atoms with E-state index in [1.807, 2.05) is 6.92 Å². The number of methoxy groups -OCH3 is 1. The largest absolute Gasteiger partial charge is 0.383 e. The van der Waals surface area contributed by atoms with E-state index in [0.29, 0.717) is 32.4 Å². The van der Waals surface area contributed by atoms with Crippen LogP contribution >= 0.6 is 0 Å². The van der Waals surface area contributed by atoms with Crippen LogP contribution in [0, 0.1) is 0 Å². The van der Waals surface area contributed by atoms with Gasteiger partial charge in [0.1, 0.15) is 0 Å². The number of carbonyl (C=O) groups is 1. The van der Waals surface area contributed by atoms with Gasteiger partial charge in [-0.1, -0.05) is 0 Å². The molecule has 0 radical (unpaired) electrons. The Bertz CT molecular complexity index is 256. The first kappa shape index (κ1) is 16.4. The Morgan fingerprint density at radius 2 is 2.11 bits per heavy atom. The first-order chi connectivity index (χ1) is 9.19. The zero-order chi connectivity index (χ0) is 14.1. The van der Waals surface area contributed by atoms with Gasteiger partial charge < -0.3 is 20.5 Å². The summed E-state index contributed by atoms with van der Waals surface area (Å²) in [5.74, 6) is 0.0679. The average Bonchev–Trinajstić information content (AvgIpc) is 2.45. The van der Waals surface area contributed by atoms with Crippen molar-refractivity contribution < 1.29 is 14.3 Å². The first-order valence-electron chi connectivity index (χ1n) is 7.01. The summed E-state index contributed by atoms with van der Waals surface area (Å²) in [6.07, 6.45) is 2.23. The number of piperidine rings is 1. The maximum atomic E-state index is 11.9. The predicted octanol–water partition coefficient (Wildman–Crippen LogP) is -0.423. The van der Waals surface area contributed by atoms with E-state index in [1.165, 1.54) is 0 Å². The minimum absolute atomic E-state index is 0.0679. The van der Waals surface area contributed by atoms with Crippen molar-refractivity contribution in [2.24, 2.45) is 5.73 Å². The van der Waals surface area contributed by atoms with Crippen molar-refractivity contribution in [1.29, 1.82) is 0 Å². The molecule has 6 nitrogen and oxygen atoms in total. The number of hydrogen-bond acceptors (Lipinski definition) is 5. The molecule has 1 aliphatic heterocycles. The van der Waals surface area contributed by atoms with E-state index in [1.54, 1.807) is 7.11 Å². The van der Waals surface area contributed by atoms with E-state index in [-0.39, 0.29) is 11.9 Å².